The molecule has 0 aliphatic heterocycles. The molecule has 0 amide bonds. The van der Waals surface area contributed by atoms with Gasteiger partial charge in [0.2, 0.25) is 0 Å². The summed E-state index contributed by atoms with van der Waals surface area (Å²) in [5, 5.41) is 31.3. The maximum Gasteiger partial charge on any atom is 0.145 e. The number of hydrogen-bond acceptors (Lipinski definition) is 7. The van der Waals surface area contributed by atoms with Crippen LogP contribution in [0, 0.1) is 34.0 Å². The van der Waals surface area contributed by atoms with Gasteiger partial charge in [-0.05, 0) is 102 Å². The maximum absolute atomic E-state index is 11.0. The normalized spacial score (nSPS) is 13.9. The van der Waals surface area contributed by atoms with Gasteiger partial charge in [0.15, 0.2) is 0 Å². The van der Waals surface area contributed by atoms with Crippen molar-refractivity contribution in [1.29, 1.82) is 15.8 Å². The van der Waals surface area contributed by atoms with E-state index in [-0.39, 0.29) is 21.6 Å². The van der Waals surface area contributed by atoms with Crippen LogP contribution in [0.4, 0.5) is 0 Å². The molecule has 0 N–H and O–H groups in total. The summed E-state index contributed by atoms with van der Waals surface area (Å²) in [6.07, 6.45) is 1.50. The average Bonchev–Trinajstić information content (AvgIpc) is 3.27. The maximum atomic E-state index is 11.0. The van der Waals surface area contributed by atoms with Gasteiger partial charge in [0.1, 0.15) is 64.4 Å². The summed E-state index contributed by atoms with van der Waals surface area (Å²) in [6.45, 7) is 31.7. The fourth-order valence-corrected chi connectivity index (χ4v) is 8.91. The van der Waals surface area contributed by atoms with Crippen LogP contribution in [0.3, 0.4) is 0 Å². The zero-order chi connectivity index (χ0) is 49.9. The highest BCUT2D eigenvalue weighted by atomic mass is 35.5. The average molecular weight is 941 g/mol. The van der Waals surface area contributed by atoms with Crippen LogP contribution >= 0.6 is 23.2 Å². The molecule has 0 heterocycles. The number of hydrogen-bond donors (Lipinski definition) is 0. The van der Waals surface area contributed by atoms with Crippen molar-refractivity contribution in [3.05, 3.63) is 140 Å². The SMILES string of the molecule is CCC(Cl)c1cccc(Oc2cc(C(C)(C)C)c(OC(C)(CC)C(C)(C)c3cccc(Oc4ccc(OC(CC)c5cccc(Cl)c5C#N)cc4C(C)(C)C)c3C#N)cc2C(C)(C)C)c1C#N. The fourth-order valence-electron chi connectivity index (χ4n) is 8.51. The van der Waals surface area contributed by atoms with E-state index in [0.29, 0.717) is 69.7 Å². The molecular formula is C58H67Cl2N3O4. The van der Waals surface area contributed by atoms with E-state index >= 15 is 0 Å². The van der Waals surface area contributed by atoms with E-state index in [1.165, 1.54) is 0 Å². The first kappa shape index (κ1) is 52.3. The van der Waals surface area contributed by atoms with Gasteiger partial charge in [-0.1, -0.05) is 145 Å². The van der Waals surface area contributed by atoms with Crippen molar-refractivity contribution in [2.24, 2.45) is 0 Å². The lowest BCUT2D eigenvalue weighted by Gasteiger charge is -2.45. The zero-order valence-corrected chi connectivity index (χ0v) is 43.6. The predicted molar refractivity (Wildman–Crippen MR) is 273 cm³/mol. The summed E-state index contributed by atoms with van der Waals surface area (Å²) < 4.78 is 27.5. The van der Waals surface area contributed by atoms with Crippen LogP contribution in [0.1, 0.15) is 185 Å². The Kier molecular flexibility index (Phi) is 15.8. The minimum absolute atomic E-state index is 0.320. The topological polar surface area (TPSA) is 108 Å². The molecule has 0 aliphatic rings. The van der Waals surface area contributed by atoms with E-state index in [0.717, 1.165) is 39.1 Å². The van der Waals surface area contributed by atoms with E-state index in [1.54, 1.807) is 6.07 Å². The molecule has 0 saturated heterocycles. The summed E-state index contributed by atoms with van der Waals surface area (Å²) in [6, 6.07) is 33.8. The van der Waals surface area contributed by atoms with Gasteiger partial charge in [-0.2, -0.15) is 15.8 Å². The monoisotopic (exact) mass is 939 g/mol. The van der Waals surface area contributed by atoms with Crippen molar-refractivity contribution in [3.63, 3.8) is 0 Å². The van der Waals surface area contributed by atoms with E-state index in [4.69, 9.17) is 42.1 Å². The number of ether oxygens (including phenoxy) is 4. The Balaban J connectivity index is 1.57. The summed E-state index contributed by atoms with van der Waals surface area (Å²) >= 11 is 13.1. The van der Waals surface area contributed by atoms with Crippen molar-refractivity contribution in [1.82, 2.24) is 0 Å². The molecular weight excluding hydrogens is 874 g/mol. The second-order valence-electron chi connectivity index (χ2n) is 21.1. The molecule has 5 aromatic carbocycles. The van der Waals surface area contributed by atoms with E-state index in [1.807, 2.05) is 80.6 Å². The van der Waals surface area contributed by atoms with Gasteiger partial charge >= 0.3 is 0 Å². The van der Waals surface area contributed by atoms with Gasteiger partial charge in [0.25, 0.3) is 0 Å². The van der Waals surface area contributed by atoms with Gasteiger partial charge in [0, 0.05) is 27.7 Å². The van der Waals surface area contributed by atoms with E-state index in [2.05, 4.69) is 120 Å². The molecule has 0 radical (unpaired) electrons. The predicted octanol–water partition coefficient (Wildman–Crippen LogP) is 17.2. The molecule has 0 saturated carbocycles. The van der Waals surface area contributed by atoms with Crippen LogP contribution in [-0.4, -0.2) is 5.60 Å². The zero-order valence-electron chi connectivity index (χ0n) is 42.1. The Bertz CT molecular complexity index is 2740. The van der Waals surface area contributed by atoms with Gasteiger partial charge < -0.3 is 18.9 Å². The molecule has 3 atom stereocenters. The van der Waals surface area contributed by atoms with Crippen LogP contribution in [0.5, 0.6) is 34.5 Å². The van der Waals surface area contributed by atoms with E-state index < -0.39 is 17.1 Å². The quantitative estimate of drug-likeness (QED) is 0.0962. The minimum Gasteiger partial charge on any atom is -0.486 e. The Morgan fingerprint density at radius 3 is 1.58 bits per heavy atom. The lowest BCUT2D eigenvalue weighted by atomic mass is 9.68. The minimum atomic E-state index is -0.841. The number of nitrogens with zero attached hydrogens (tertiary/aromatic N) is 3. The lowest BCUT2D eigenvalue weighted by molar-refractivity contribution is 0.0119. The third-order valence-electron chi connectivity index (χ3n) is 13.1. The van der Waals surface area contributed by atoms with Gasteiger partial charge in [0.05, 0.1) is 27.1 Å². The van der Waals surface area contributed by atoms with Crippen molar-refractivity contribution in [2.45, 2.75) is 162 Å². The molecule has 0 aromatic heterocycles. The highest BCUT2D eigenvalue weighted by Crippen LogP contribution is 2.49. The second-order valence-corrected chi connectivity index (χ2v) is 22.0. The summed E-state index contributed by atoms with van der Waals surface area (Å²) in [4.78, 5) is 0. The molecule has 7 nitrogen and oxygen atoms in total. The molecule has 9 heteroatoms. The van der Waals surface area contributed by atoms with Crippen molar-refractivity contribution in [2.75, 3.05) is 0 Å². The summed E-state index contributed by atoms with van der Waals surface area (Å²) in [7, 11) is 0. The number of nitriles is 3. The second kappa shape index (κ2) is 20.3. The first-order valence-corrected chi connectivity index (χ1v) is 24.1. The third kappa shape index (κ3) is 11.1. The summed E-state index contributed by atoms with van der Waals surface area (Å²) in [5.74, 6) is 3.47. The van der Waals surface area contributed by atoms with Crippen LogP contribution in [0.15, 0.2) is 84.9 Å². The van der Waals surface area contributed by atoms with Gasteiger partial charge in [-0.25, -0.2) is 0 Å². The number of halogens is 2. The highest BCUT2D eigenvalue weighted by Gasteiger charge is 2.46. The standard InChI is InChI=1S/C58H67Cl2N3O4/c1-16-46(59)37-22-20-26-49(40(37)34-62)66-52-31-45(56(10,11)12)53(32-44(52)55(7,8)9)67-58(15,18-3)57(13,14)42-24-21-27-50(41(42)35-63)65-51-29-28-36(30-43(51)54(4,5)6)64-48(17-2)38-23-19-25-47(60)39(38)33-61/h19-32,46,48H,16-18H2,1-15H3. The van der Waals surface area contributed by atoms with Crippen LogP contribution in [0.2, 0.25) is 5.02 Å². The molecule has 67 heavy (non-hydrogen) atoms. The van der Waals surface area contributed by atoms with Gasteiger partial charge in [-0.15, -0.1) is 11.6 Å². The molecule has 0 aliphatic carbocycles. The third-order valence-corrected chi connectivity index (χ3v) is 13.9. The van der Waals surface area contributed by atoms with Crippen LogP contribution in [0.25, 0.3) is 0 Å². The van der Waals surface area contributed by atoms with Crippen LogP contribution < -0.4 is 18.9 Å². The van der Waals surface area contributed by atoms with Crippen molar-refractivity contribution in [3.8, 4) is 52.7 Å². The van der Waals surface area contributed by atoms with Gasteiger partial charge in [-0.3, -0.25) is 0 Å². The van der Waals surface area contributed by atoms with Crippen LogP contribution in [-0.2, 0) is 21.7 Å². The Morgan fingerprint density at radius 2 is 1.03 bits per heavy atom. The first-order valence-electron chi connectivity index (χ1n) is 23.2. The number of rotatable bonds is 15. The fraction of sp³-hybridized carbons (Fsp3) is 0.431. The Labute approximate surface area is 410 Å². The van der Waals surface area contributed by atoms with E-state index in [9.17, 15) is 15.8 Å². The molecule has 0 fully saturated rings. The molecule has 0 bridgehead atoms. The Morgan fingerprint density at radius 1 is 0.522 bits per heavy atom. The van der Waals surface area contributed by atoms with Crippen molar-refractivity contribution >= 4 is 23.2 Å². The number of alkyl halides is 1. The first-order chi connectivity index (χ1) is 31.3. The highest BCUT2D eigenvalue weighted by molar-refractivity contribution is 6.31. The summed E-state index contributed by atoms with van der Waals surface area (Å²) in [5.41, 5.74) is 3.55. The Hall–Kier alpha value is -5.65. The molecule has 3 unspecified atom stereocenters. The molecule has 5 rings (SSSR count). The largest absolute Gasteiger partial charge is 0.486 e. The molecule has 5 aromatic rings. The van der Waals surface area contributed by atoms with Crippen molar-refractivity contribution < 1.29 is 18.9 Å². The molecule has 0 spiro atoms. The lowest BCUT2D eigenvalue weighted by Crippen LogP contribution is -2.50. The smallest absolute Gasteiger partial charge is 0.145 e. The molecule has 352 valence electrons. The number of benzene rings is 5.